The molecule has 0 bridgehead atoms. The smallest absolute Gasteiger partial charge is 0.218 e. The van der Waals surface area contributed by atoms with E-state index in [1.54, 1.807) is 12.4 Å². The number of rotatable bonds is 5. The molecule has 0 saturated carbocycles. The van der Waals surface area contributed by atoms with Crippen molar-refractivity contribution in [3.8, 4) is 16.9 Å². The minimum absolute atomic E-state index is 0.167. The monoisotopic (exact) mass is 362 g/mol. The first-order chi connectivity index (χ1) is 11.3. The molecule has 24 heavy (non-hydrogen) atoms. The number of ether oxygens (including phenoxy) is 1. The summed E-state index contributed by atoms with van der Waals surface area (Å²) in [5.41, 5.74) is 2.80. The largest absolute Gasteiger partial charge is 0.443 e. The summed E-state index contributed by atoms with van der Waals surface area (Å²) in [5.74, 6) is 0.764. The highest BCUT2D eigenvalue weighted by Gasteiger charge is 2.19. The SMILES string of the molecule is Cc1cc(/N=C\N(C)C)c(Cl)cc1Oc1snc(C(C)C)c1C#N. The van der Waals surface area contributed by atoms with Gasteiger partial charge in [-0.05, 0) is 24.5 Å². The van der Waals surface area contributed by atoms with Crippen molar-refractivity contribution in [1.82, 2.24) is 9.27 Å². The lowest BCUT2D eigenvalue weighted by Crippen LogP contribution is -2.07. The number of hydrogen-bond acceptors (Lipinski definition) is 5. The molecule has 0 aliphatic rings. The molecule has 1 aromatic heterocycles. The van der Waals surface area contributed by atoms with Crippen LogP contribution in [0.15, 0.2) is 17.1 Å². The van der Waals surface area contributed by atoms with Gasteiger partial charge in [0.1, 0.15) is 17.4 Å². The topological polar surface area (TPSA) is 61.5 Å². The van der Waals surface area contributed by atoms with E-state index in [0.717, 1.165) is 11.3 Å². The van der Waals surface area contributed by atoms with Crippen LogP contribution in [-0.4, -0.2) is 29.7 Å². The summed E-state index contributed by atoms with van der Waals surface area (Å²) in [6.45, 7) is 5.91. The Kier molecular flexibility index (Phi) is 5.81. The Labute approximate surface area is 151 Å². The van der Waals surface area contributed by atoms with Gasteiger partial charge in [0, 0.05) is 31.7 Å². The van der Waals surface area contributed by atoms with Gasteiger partial charge in [0.05, 0.1) is 22.7 Å². The van der Waals surface area contributed by atoms with E-state index in [2.05, 4.69) is 15.4 Å². The molecule has 0 amide bonds. The molecule has 0 fully saturated rings. The lowest BCUT2D eigenvalue weighted by molar-refractivity contribution is 0.490. The summed E-state index contributed by atoms with van der Waals surface area (Å²) < 4.78 is 10.2. The van der Waals surface area contributed by atoms with Crippen molar-refractivity contribution in [3.05, 3.63) is 34.0 Å². The van der Waals surface area contributed by atoms with Crippen LogP contribution in [-0.2, 0) is 0 Å². The van der Waals surface area contributed by atoms with Crippen molar-refractivity contribution >= 4 is 35.2 Å². The summed E-state index contributed by atoms with van der Waals surface area (Å²) in [6.07, 6.45) is 1.69. The van der Waals surface area contributed by atoms with E-state index >= 15 is 0 Å². The summed E-state index contributed by atoms with van der Waals surface area (Å²) >= 11 is 7.47. The van der Waals surface area contributed by atoms with Gasteiger partial charge in [-0.2, -0.15) is 9.64 Å². The lowest BCUT2D eigenvalue weighted by atomic mass is 10.1. The Hall–Kier alpha value is -2.10. The number of aromatic nitrogens is 1. The molecule has 0 aliphatic heterocycles. The van der Waals surface area contributed by atoms with Gasteiger partial charge >= 0.3 is 0 Å². The Morgan fingerprint density at radius 3 is 2.71 bits per heavy atom. The predicted molar refractivity (Wildman–Crippen MR) is 99.0 cm³/mol. The Morgan fingerprint density at radius 2 is 2.12 bits per heavy atom. The highest BCUT2D eigenvalue weighted by Crippen LogP contribution is 2.38. The van der Waals surface area contributed by atoms with Crippen LogP contribution in [0.5, 0.6) is 10.8 Å². The average Bonchev–Trinajstić information content (AvgIpc) is 2.92. The molecule has 0 aliphatic carbocycles. The van der Waals surface area contributed by atoms with E-state index in [4.69, 9.17) is 16.3 Å². The van der Waals surface area contributed by atoms with Gasteiger partial charge in [0.2, 0.25) is 5.06 Å². The van der Waals surface area contributed by atoms with Gasteiger partial charge < -0.3 is 9.64 Å². The second kappa shape index (κ2) is 7.65. The molecule has 2 aromatic rings. The highest BCUT2D eigenvalue weighted by molar-refractivity contribution is 7.08. The molecule has 0 atom stereocenters. The van der Waals surface area contributed by atoms with E-state index in [9.17, 15) is 5.26 Å². The van der Waals surface area contributed by atoms with Crippen LogP contribution in [0.25, 0.3) is 0 Å². The van der Waals surface area contributed by atoms with Crippen molar-refractivity contribution in [2.24, 2.45) is 4.99 Å². The highest BCUT2D eigenvalue weighted by atomic mass is 35.5. The van der Waals surface area contributed by atoms with Crippen LogP contribution in [0.4, 0.5) is 5.69 Å². The van der Waals surface area contributed by atoms with Crippen molar-refractivity contribution in [1.29, 1.82) is 5.26 Å². The van der Waals surface area contributed by atoms with Gasteiger partial charge in [-0.3, -0.25) is 0 Å². The minimum atomic E-state index is 0.167. The van der Waals surface area contributed by atoms with Crippen LogP contribution in [0.1, 0.15) is 36.6 Å². The van der Waals surface area contributed by atoms with Crippen LogP contribution < -0.4 is 4.74 Å². The molecule has 0 N–H and O–H groups in total. The molecule has 126 valence electrons. The molecule has 5 nitrogen and oxygen atoms in total. The molecule has 7 heteroatoms. The maximum Gasteiger partial charge on any atom is 0.218 e. The lowest BCUT2D eigenvalue weighted by Gasteiger charge is -2.10. The number of benzene rings is 1. The summed E-state index contributed by atoms with van der Waals surface area (Å²) in [7, 11) is 3.78. The number of nitrogens with zero attached hydrogens (tertiary/aromatic N) is 4. The summed E-state index contributed by atoms with van der Waals surface area (Å²) in [4.78, 5) is 6.16. The van der Waals surface area contributed by atoms with Crippen LogP contribution in [0.2, 0.25) is 5.02 Å². The van der Waals surface area contributed by atoms with E-state index < -0.39 is 0 Å². The van der Waals surface area contributed by atoms with Crippen molar-refractivity contribution in [2.45, 2.75) is 26.7 Å². The normalized spacial score (nSPS) is 11.1. The molecule has 2 rings (SSSR count). The number of hydrogen-bond donors (Lipinski definition) is 0. The maximum absolute atomic E-state index is 9.39. The average molecular weight is 363 g/mol. The van der Waals surface area contributed by atoms with Crippen LogP contribution in [0, 0.1) is 18.3 Å². The van der Waals surface area contributed by atoms with Gasteiger partial charge in [0.25, 0.3) is 0 Å². The third-order valence-electron chi connectivity index (χ3n) is 3.22. The first-order valence-corrected chi connectivity index (χ1v) is 8.57. The number of aliphatic imine (C=N–C) groups is 1. The van der Waals surface area contributed by atoms with Gasteiger partial charge in [-0.1, -0.05) is 25.4 Å². The summed E-state index contributed by atoms with van der Waals surface area (Å²) in [6, 6.07) is 5.76. The quantitative estimate of drug-likeness (QED) is 0.547. The van der Waals surface area contributed by atoms with E-state index in [1.807, 2.05) is 45.8 Å². The van der Waals surface area contributed by atoms with Gasteiger partial charge in [-0.15, -0.1) is 0 Å². The maximum atomic E-state index is 9.39. The van der Waals surface area contributed by atoms with Crippen molar-refractivity contribution in [3.63, 3.8) is 0 Å². The van der Waals surface area contributed by atoms with Gasteiger partial charge in [0.15, 0.2) is 0 Å². The molecule has 0 spiro atoms. The van der Waals surface area contributed by atoms with Crippen LogP contribution >= 0.6 is 23.1 Å². The fraction of sp³-hybridized carbons (Fsp3) is 0.353. The van der Waals surface area contributed by atoms with Crippen molar-refractivity contribution in [2.75, 3.05) is 14.1 Å². The first kappa shape index (κ1) is 18.2. The Morgan fingerprint density at radius 1 is 1.42 bits per heavy atom. The zero-order valence-corrected chi connectivity index (χ0v) is 15.9. The fourth-order valence-corrected chi connectivity index (χ4v) is 3.04. The molecular formula is C17H19ClN4OS. The van der Waals surface area contributed by atoms with E-state index in [-0.39, 0.29) is 5.92 Å². The number of halogens is 1. The Balaban J connectivity index is 2.35. The molecule has 0 radical (unpaired) electrons. The van der Waals surface area contributed by atoms with Gasteiger partial charge in [-0.25, -0.2) is 4.99 Å². The fourth-order valence-electron chi connectivity index (χ4n) is 1.99. The molecular weight excluding hydrogens is 344 g/mol. The molecule has 1 aromatic carbocycles. The molecule has 0 unspecified atom stereocenters. The zero-order valence-electron chi connectivity index (χ0n) is 14.3. The van der Waals surface area contributed by atoms with E-state index in [1.165, 1.54) is 11.5 Å². The Bertz CT molecular complexity index is 806. The summed E-state index contributed by atoms with van der Waals surface area (Å²) in [5, 5.41) is 10.4. The first-order valence-electron chi connectivity index (χ1n) is 7.41. The van der Waals surface area contributed by atoms with Crippen molar-refractivity contribution < 1.29 is 4.74 Å². The number of aryl methyl sites for hydroxylation is 1. The molecule has 1 heterocycles. The third kappa shape index (κ3) is 4.05. The second-order valence-corrected chi connectivity index (χ2v) is 7.02. The standard InChI is InChI=1S/C17H19ClN4OS/c1-10(2)16-12(8-19)17(24-21-16)23-15-7-13(18)14(6-11(15)3)20-9-22(4)5/h6-7,9-10H,1-5H3/b20-9-. The number of nitriles is 1. The second-order valence-electron chi connectivity index (χ2n) is 5.88. The minimum Gasteiger partial charge on any atom is -0.443 e. The zero-order chi connectivity index (χ0) is 17.9. The predicted octanol–water partition coefficient (Wildman–Crippen LogP) is 5.11. The van der Waals surface area contributed by atoms with E-state index in [0.29, 0.717) is 27.1 Å². The third-order valence-corrected chi connectivity index (χ3v) is 4.26. The van der Waals surface area contributed by atoms with Crippen LogP contribution in [0.3, 0.4) is 0 Å². The molecule has 0 saturated heterocycles.